The van der Waals surface area contributed by atoms with E-state index >= 15 is 0 Å². The lowest BCUT2D eigenvalue weighted by Gasteiger charge is -1.84. The smallest absolute Gasteiger partial charge is 0.120 e. The van der Waals surface area contributed by atoms with Crippen molar-refractivity contribution >= 4 is 5.94 Å². The Morgan fingerprint density at radius 1 is 1.44 bits per heavy atom. The largest absolute Gasteiger partial charge is 0.234 e. The zero-order valence-electron chi connectivity index (χ0n) is 5.76. The minimum absolute atomic E-state index is 0.855. The van der Waals surface area contributed by atoms with Crippen LogP contribution in [0.5, 0.6) is 0 Å². The van der Waals surface area contributed by atoms with Crippen LogP contribution in [0.3, 0.4) is 0 Å². The van der Waals surface area contributed by atoms with Crippen molar-refractivity contribution in [1.82, 2.24) is 0 Å². The highest BCUT2D eigenvalue weighted by Gasteiger charge is 1.77. The summed E-state index contributed by atoms with van der Waals surface area (Å²) in [6.45, 7) is 2.00. The van der Waals surface area contributed by atoms with Crippen molar-refractivity contribution in [2.24, 2.45) is 0 Å². The van der Waals surface area contributed by atoms with Crippen molar-refractivity contribution in [1.29, 1.82) is 0 Å². The molecule has 0 radical (unpaired) electrons. The van der Waals surface area contributed by atoms with E-state index in [1.54, 1.807) is 5.94 Å². The van der Waals surface area contributed by atoms with Gasteiger partial charge in [0.15, 0.2) is 0 Å². The molecule has 0 unspecified atom stereocenters. The Labute approximate surface area is 56.1 Å². The van der Waals surface area contributed by atoms with Gasteiger partial charge < -0.3 is 0 Å². The fourth-order valence-electron chi connectivity index (χ4n) is 0.563. The summed E-state index contributed by atoms with van der Waals surface area (Å²) < 4.78 is 0. The van der Waals surface area contributed by atoms with Crippen LogP contribution in [0.15, 0.2) is 18.2 Å². The van der Waals surface area contributed by atoms with Crippen molar-refractivity contribution in [2.45, 2.75) is 26.2 Å². The summed E-state index contributed by atoms with van der Waals surface area (Å²) >= 11 is 0. The number of rotatable bonds is 4. The number of carbonyl (C=O) groups excluding carboxylic acids is 1. The average molecular weight is 124 g/mol. The molecule has 0 aromatic heterocycles. The van der Waals surface area contributed by atoms with E-state index in [1.807, 2.05) is 13.0 Å². The quantitative estimate of drug-likeness (QED) is 0.319. The highest BCUT2D eigenvalue weighted by molar-refractivity contribution is 5.44. The maximum absolute atomic E-state index is 9.64. The molecule has 0 fully saturated rings. The molecule has 9 heavy (non-hydrogen) atoms. The molecule has 50 valence electrons. The summed E-state index contributed by atoms with van der Waals surface area (Å²) in [6, 6.07) is 0. The molecular weight excluding hydrogens is 112 g/mol. The molecule has 0 aliphatic heterocycles. The van der Waals surface area contributed by atoms with Gasteiger partial charge in [-0.3, -0.25) is 0 Å². The molecule has 1 nitrogen and oxygen atoms in total. The second-order valence-corrected chi connectivity index (χ2v) is 1.82. The van der Waals surface area contributed by atoms with E-state index in [-0.39, 0.29) is 0 Å². The molecule has 0 bridgehead atoms. The van der Waals surface area contributed by atoms with Crippen molar-refractivity contribution < 1.29 is 4.79 Å². The van der Waals surface area contributed by atoms with Gasteiger partial charge in [0.05, 0.1) is 0 Å². The van der Waals surface area contributed by atoms with Crippen molar-refractivity contribution in [3.8, 4) is 0 Å². The van der Waals surface area contributed by atoms with Crippen LogP contribution in [-0.4, -0.2) is 5.94 Å². The van der Waals surface area contributed by atoms with Crippen LogP contribution in [0.2, 0.25) is 0 Å². The first-order valence-corrected chi connectivity index (χ1v) is 3.22. The zero-order chi connectivity index (χ0) is 6.95. The molecule has 0 heterocycles. The van der Waals surface area contributed by atoms with Crippen LogP contribution in [0.1, 0.15) is 26.2 Å². The van der Waals surface area contributed by atoms with Crippen LogP contribution in [0, 0.1) is 0 Å². The third kappa shape index (κ3) is 7.19. The van der Waals surface area contributed by atoms with Gasteiger partial charge in [0.25, 0.3) is 0 Å². The van der Waals surface area contributed by atoms with Gasteiger partial charge >= 0.3 is 0 Å². The van der Waals surface area contributed by atoms with Crippen LogP contribution in [0.4, 0.5) is 0 Å². The van der Waals surface area contributed by atoms with Gasteiger partial charge in [-0.15, -0.1) is 0 Å². The second kappa shape index (κ2) is 7.19. The molecule has 0 saturated heterocycles. The third-order valence-corrected chi connectivity index (χ3v) is 1.04. The minimum atomic E-state index is 0.855. The number of hydrogen-bond donors (Lipinski definition) is 0. The van der Waals surface area contributed by atoms with Crippen LogP contribution < -0.4 is 0 Å². The molecule has 0 aromatic rings. The van der Waals surface area contributed by atoms with E-state index < -0.39 is 0 Å². The molecule has 0 N–H and O–H groups in total. The molecule has 0 spiro atoms. The Bertz CT molecular complexity index is 119. The van der Waals surface area contributed by atoms with E-state index in [1.165, 1.54) is 6.08 Å². The molecule has 0 saturated carbocycles. The van der Waals surface area contributed by atoms with E-state index in [2.05, 4.69) is 6.08 Å². The predicted molar refractivity (Wildman–Crippen MR) is 38.9 cm³/mol. The van der Waals surface area contributed by atoms with Gasteiger partial charge in [-0.25, -0.2) is 4.79 Å². The van der Waals surface area contributed by atoms with Gasteiger partial charge in [0, 0.05) is 0 Å². The summed E-state index contributed by atoms with van der Waals surface area (Å²) in [5.41, 5.74) is 0. The van der Waals surface area contributed by atoms with Gasteiger partial charge in [0.1, 0.15) is 5.94 Å². The van der Waals surface area contributed by atoms with Crippen molar-refractivity contribution in [3.63, 3.8) is 0 Å². The third-order valence-electron chi connectivity index (χ3n) is 1.04. The first-order chi connectivity index (χ1) is 4.41. The second-order valence-electron chi connectivity index (χ2n) is 1.82. The van der Waals surface area contributed by atoms with E-state index in [4.69, 9.17) is 0 Å². The number of hydrogen-bond acceptors (Lipinski definition) is 1. The van der Waals surface area contributed by atoms with Gasteiger partial charge in [-0.1, -0.05) is 12.2 Å². The Morgan fingerprint density at radius 2 is 2.22 bits per heavy atom. The van der Waals surface area contributed by atoms with Gasteiger partial charge in [0.2, 0.25) is 0 Å². The standard InChI is InChI=1S/C8H12O/c1-2-3-4-5-6-7-8-9/h2-3,7H,4-6H2,1H3. The van der Waals surface area contributed by atoms with Crippen LogP contribution in [-0.2, 0) is 4.79 Å². The Kier molecular flexibility index (Phi) is 6.54. The highest BCUT2D eigenvalue weighted by atomic mass is 16.1. The molecule has 1 heteroatoms. The lowest BCUT2D eigenvalue weighted by molar-refractivity contribution is 0.568. The topological polar surface area (TPSA) is 17.1 Å². The van der Waals surface area contributed by atoms with E-state index in [9.17, 15) is 4.79 Å². The average Bonchev–Trinajstić information content (AvgIpc) is 1.89. The summed E-state index contributed by atoms with van der Waals surface area (Å²) in [5.74, 6) is 1.75. The first-order valence-electron chi connectivity index (χ1n) is 3.22. The summed E-state index contributed by atoms with van der Waals surface area (Å²) in [7, 11) is 0. The Hall–Kier alpha value is -0.810. The molecule has 0 atom stereocenters. The van der Waals surface area contributed by atoms with Gasteiger partial charge in [-0.05, 0) is 32.3 Å². The monoisotopic (exact) mass is 124 g/mol. The van der Waals surface area contributed by atoms with E-state index in [0.717, 1.165) is 19.3 Å². The summed E-state index contributed by atoms with van der Waals surface area (Å²) in [6.07, 6.45) is 8.62. The molecule has 0 rings (SSSR count). The predicted octanol–water partition coefficient (Wildman–Crippen LogP) is 2.12. The molecular formula is C8H12O. The molecule has 0 aliphatic rings. The van der Waals surface area contributed by atoms with Crippen LogP contribution in [0.25, 0.3) is 0 Å². The first kappa shape index (κ1) is 8.19. The zero-order valence-corrected chi connectivity index (χ0v) is 5.76. The number of allylic oxidation sites excluding steroid dienone is 3. The molecule has 0 aromatic carbocycles. The van der Waals surface area contributed by atoms with Crippen molar-refractivity contribution in [2.75, 3.05) is 0 Å². The van der Waals surface area contributed by atoms with Gasteiger partial charge in [-0.2, -0.15) is 0 Å². The summed E-state index contributed by atoms with van der Waals surface area (Å²) in [4.78, 5) is 9.64. The van der Waals surface area contributed by atoms with Crippen molar-refractivity contribution in [3.05, 3.63) is 18.2 Å². The minimum Gasteiger partial charge on any atom is -0.234 e. The fourth-order valence-corrected chi connectivity index (χ4v) is 0.563. The SMILES string of the molecule is CC=CCCCC=C=O. The lowest BCUT2D eigenvalue weighted by atomic mass is 10.2. The molecule has 0 aliphatic carbocycles. The highest BCUT2D eigenvalue weighted by Crippen LogP contribution is 1.95. The maximum Gasteiger partial charge on any atom is 0.120 e. The Morgan fingerprint density at radius 3 is 2.78 bits per heavy atom. The number of unbranched alkanes of at least 4 members (excludes halogenated alkanes) is 2. The van der Waals surface area contributed by atoms with Crippen LogP contribution >= 0.6 is 0 Å². The summed E-state index contributed by atoms with van der Waals surface area (Å²) in [5, 5.41) is 0. The maximum atomic E-state index is 9.64. The fraction of sp³-hybridized carbons (Fsp3) is 0.500. The molecule has 0 amide bonds. The lowest BCUT2D eigenvalue weighted by Crippen LogP contribution is -1.67. The Balaban J connectivity index is 3.00. The van der Waals surface area contributed by atoms with E-state index in [0.29, 0.717) is 0 Å². The normalized spacial score (nSPS) is 9.44.